The van der Waals surface area contributed by atoms with Gasteiger partial charge in [0, 0.05) is 5.69 Å². The van der Waals surface area contributed by atoms with Gasteiger partial charge in [0.1, 0.15) is 5.69 Å². The smallest absolute Gasteiger partial charge is 0.248 e. The Morgan fingerprint density at radius 3 is 2.43 bits per heavy atom. The Balaban J connectivity index is 2.48. The molecule has 0 spiro atoms. The summed E-state index contributed by atoms with van der Waals surface area (Å²) >= 11 is 0. The molecule has 0 N–H and O–H groups in total. The maximum Gasteiger partial charge on any atom is 0.433 e. The van der Waals surface area contributed by atoms with Crippen LogP contribution in [-0.4, -0.2) is 4.98 Å². The van der Waals surface area contributed by atoms with Crippen LogP contribution >= 0.6 is 0 Å². The fourth-order valence-electron chi connectivity index (χ4n) is 1.52. The first kappa shape index (κ1) is 9.49. The molecule has 1 aromatic heterocycles. The fraction of sp³-hybridized carbons (Fsp3) is 0.500. The summed E-state index contributed by atoms with van der Waals surface area (Å²) in [6.45, 7) is 1.58. The van der Waals surface area contributed by atoms with Crippen LogP contribution in [0.5, 0.6) is 0 Å². The molecular formula is C10H10F3N. The van der Waals surface area contributed by atoms with E-state index in [4.69, 9.17) is 0 Å². The molecule has 0 atom stereocenters. The maximum atomic E-state index is 12.6. The van der Waals surface area contributed by atoms with Gasteiger partial charge in [0.15, 0.2) is 0 Å². The summed E-state index contributed by atoms with van der Waals surface area (Å²) in [5, 5.41) is 0. The van der Waals surface area contributed by atoms with Crippen molar-refractivity contribution in [2.75, 3.05) is 0 Å². The van der Waals surface area contributed by atoms with Gasteiger partial charge >= 0.3 is 6.18 Å². The minimum Gasteiger partial charge on any atom is -0.248 e. The molecule has 1 fully saturated rings. The van der Waals surface area contributed by atoms with E-state index in [2.05, 4.69) is 4.98 Å². The van der Waals surface area contributed by atoms with Crippen LogP contribution in [0.25, 0.3) is 0 Å². The fourth-order valence-corrected chi connectivity index (χ4v) is 1.52. The largest absolute Gasteiger partial charge is 0.433 e. The van der Waals surface area contributed by atoms with Crippen LogP contribution < -0.4 is 0 Å². The zero-order valence-corrected chi connectivity index (χ0v) is 7.73. The van der Waals surface area contributed by atoms with Crippen molar-refractivity contribution in [1.82, 2.24) is 4.98 Å². The summed E-state index contributed by atoms with van der Waals surface area (Å²) in [7, 11) is 0. The molecule has 1 aromatic rings. The molecule has 1 aliphatic carbocycles. The van der Waals surface area contributed by atoms with E-state index in [1.165, 1.54) is 0 Å². The van der Waals surface area contributed by atoms with Crippen LogP contribution in [0, 0.1) is 6.92 Å². The van der Waals surface area contributed by atoms with E-state index in [9.17, 15) is 13.2 Å². The van der Waals surface area contributed by atoms with Gasteiger partial charge in [-0.1, -0.05) is 6.07 Å². The first-order chi connectivity index (χ1) is 6.48. The highest BCUT2D eigenvalue weighted by Gasteiger charge is 2.39. The molecule has 0 aromatic carbocycles. The predicted octanol–water partition coefficient (Wildman–Crippen LogP) is 3.29. The van der Waals surface area contributed by atoms with Crippen LogP contribution in [-0.2, 0) is 6.18 Å². The molecule has 0 amide bonds. The molecule has 1 nitrogen and oxygen atoms in total. The van der Waals surface area contributed by atoms with Crippen molar-refractivity contribution in [2.45, 2.75) is 31.9 Å². The van der Waals surface area contributed by atoms with Crippen LogP contribution in [0.3, 0.4) is 0 Å². The van der Waals surface area contributed by atoms with Crippen molar-refractivity contribution < 1.29 is 13.2 Å². The molecule has 0 bridgehead atoms. The maximum absolute atomic E-state index is 12.6. The van der Waals surface area contributed by atoms with E-state index < -0.39 is 11.9 Å². The molecule has 0 aliphatic heterocycles. The van der Waals surface area contributed by atoms with Crippen molar-refractivity contribution >= 4 is 0 Å². The molecule has 76 valence electrons. The molecule has 1 heterocycles. The Morgan fingerprint density at radius 2 is 1.93 bits per heavy atom. The normalized spacial score (nSPS) is 17.1. The van der Waals surface area contributed by atoms with Gasteiger partial charge in [-0.25, -0.2) is 4.98 Å². The lowest BCUT2D eigenvalue weighted by atomic mass is 10.1. The number of hydrogen-bond donors (Lipinski definition) is 0. The van der Waals surface area contributed by atoms with Gasteiger partial charge in [0.2, 0.25) is 0 Å². The number of alkyl halides is 3. The van der Waals surface area contributed by atoms with Gasteiger partial charge in [0.25, 0.3) is 0 Å². The van der Waals surface area contributed by atoms with Gasteiger partial charge in [-0.3, -0.25) is 0 Å². The van der Waals surface area contributed by atoms with E-state index >= 15 is 0 Å². The SMILES string of the molecule is Cc1ccc(C2CC2)c(C(F)(F)F)n1. The molecule has 0 unspecified atom stereocenters. The zero-order valence-electron chi connectivity index (χ0n) is 7.73. The summed E-state index contributed by atoms with van der Waals surface area (Å²) in [5.74, 6) is 0.0831. The Kier molecular flexibility index (Phi) is 2.01. The van der Waals surface area contributed by atoms with Crippen LogP contribution in [0.15, 0.2) is 12.1 Å². The number of aryl methyl sites for hydroxylation is 1. The van der Waals surface area contributed by atoms with E-state index in [1.807, 2.05) is 0 Å². The minimum atomic E-state index is -4.32. The number of hydrogen-bond acceptors (Lipinski definition) is 1. The standard InChI is InChI=1S/C10H10F3N/c1-6-2-5-8(7-3-4-7)9(14-6)10(11,12)13/h2,5,7H,3-4H2,1H3. The molecule has 14 heavy (non-hydrogen) atoms. The van der Waals surface area contributed by atoms with Gasteiger partial charge in [-0.15, -0.1) is 0 Å². The van der Waals surface area contributed by atoms with Gasteiger partial charge in [0.05, 0.1) is 0 Å². The Labute approximate surface area is 80.0 Å². The van der Waals surface area contributed by atoms with Gasteiger partial charge in [-0.2, -0.15) is 13.2 Å². The third-order valence-electron chi connectivity index (χ3n) is 2.35. The molecule has 1 aliphatic rings. The van der Waals surface area contributed by atoms with Crippen LogP contribution in [0.1, 0.15) is 35.7 Å². The topological polar surface area (TPSA) is 12.9 Å². The number of rotatable bonds is 1. The highest BCUT2D eigenvalue weighted by atomic mass is 19.4. The van der Waals surface area contributed by atoms with Crippen molar-refractivity contribution in [3.63, 3.8) is 0 Å². The second kappa shape index (κ2) is 2.97. The van der Waals surface area contributed by atoms with Crippen LogP contribution in [0.4, 0.5) is 13.2 Å². The summed E-state index contributed by atoms with van der Waals surface area (Å²) in [6, 6.07) is 3.20. The van der Waals surface area contributed by atoms with E-state index in [-0.39, 0.29) is 5.92 Å². The first-order valence-corrected chi connectivity index (χ1v) is 4.53. The number of pyridine rings is 1. The Bertz CT molecular complexity index is 353. The van der Waals surface area contributed by atoms with Crippen molar-refractivity contribution in [2.24, 2.45) is 0 Å². The van der Waals surface area contributed by atoms with E-state index in [1.54, 1.807) is 19.1 Å². The zero-order chi connectivity index (χ0) is 10.3. The average Bonchev–Trinajstić information content (AvgIpc) is 2.85. The Hall–Kier alpha value is -1.06. The second-order valence-corrected chi connectivity index (χ2v) is 3.66. The molecule has 2 rings (SSSR count). The lowest BCUT2D eigenvalue weighted by Crippen LogP contribution is -2.12. The monoisotopic (exact) mass is 201 g/mol. The predicted molar refractivity (Wildman–Crippen MR) is 46.0 cm³/mol. The molecule has 4 heteroatoms. The molecule has 0 radical (unpaired) electrons. The molecule has 1 saturated carbocycles. The molecule has 0 saturated heterocycles. The third kappa shape index (κ3) is 1.74. The van der Waals surface area contributed by atoms with Crippen molar-refractivity contribution in [1.29, 1.82) is 0 Å². The van der Waals surface area contributed by atoms with Gasteiger partial charge < -0.3 is 0 Å². The summed E-state index contributed by atoms with van der Waals surface area (Å²) in [4.78, 5) is 3.58. The summed E-state index contributed by atoms with van der Waals surface area (Å²) in [6.07, 6.45) is -2.61. The quantitative estimate of drug-likeness (QED) is 0.679. The second-order valence-electron chi connectivity index (χ2n) is 3.66. The third-order valence-corrected chi connectivity index (χ3v) is 2.35. The number of halogens is 3. The van der Waals surface area contributed by atoms with Crippen molar-refractivity contribution in [3.05, 3.63) is 29.1 Å². The first-order valence-electron chi connectivity index (χ1n) is 4.53. The number of nitrogens with zero attached hydrogens (tertiary/aromatic N) is 1. The van der Waals surface area contributed by atoms with Crippen LogP contribution in [0.2, 0.25) is 0 Å². The lowest BCUT2D eigenvalue weighted by Gasteiger charge is -2.11. The lowest BCUT2D eigenvalue weighted by molar-refractivity contribution is -0.141. The minimum absolute atomic E-state index is 0.0831. The van der Waals surface area contributed by atoms with E-state index in [0.29, 0.717) is 11.3 Å². The highest BCUT2D eigenvalue weighted by molar-refractivity contribution is 5.31. The number of aromatic nitrogens is 1. The Morgan fingerprint density at radius 1 is 1.29 bits per heavy atom. The average molecular weight is 201 g/mol. The summed E-state index contributed by atoms with van der Waals surface area (Å²) in [5.41, 5.74) is 0.0878. The van der Waals surface area contributed by atoms with E-state index in [0.717, 1.165) is 12.8 Å². The highest BCUT2D eigenvalue weighted by Crippen LogP contribution is 2.45. The van der Waals surface area contributed by atoms with Gasteiger partial charge in [-0.05, 0) is 37.3 Å². The summed E-state index contributed by atoms with van der Waals surface area (Å²) < 4.78 is 37.7. The molecular weight excluding hydrogens is 191 g/mol. The van der Waals surface area contributed by atoms with Crippen molar-refractivity contribution in [3.8, 4) is 0 Å².